The number of nitrogens with zero attached hydrogens (tertiary/aromatic N) is 1. The van der Waals surface area contributed by atoms with Crippen LogP contribution in [0.3, 0.4) is 0 Å². The van der Waals surface area contributed by atoms with Gasteiger partial charge in [-0.05, 0) is 55.8 Å². The number of hydrogen-bond donors (Lipinski definition) is 2. The third-order valence-electron chi connectivity index (χ3n) is 4.53. The molecule has 2 N–H and O–H groups in total. The average molecular weight is 404 g/mol. The molecule has 0 spiro atoms. The number of carbonyl (C=O) groups is 1. The lowest BCUT2D eigenvalue weighted by Gasteiger charge is -2.21. The molecule has 0 aliphatic carbocycles. The highest BCUT2D eigenvalue weighted by atomic mass is 32.2. The second-order valence-corrected chi connectivity index (χ2v) is 7.59. The van der Waals surface area contributed by atoms with Crippen molar-refractivity contribution in [2.45, 2.75) is 23.6 Å². The van der Waals surface area contributed by atoms with Crippen LogP contribution in [0.4, 0.5) is 11.4 Å². The van der Waals surface area contributed by atoms with Gasteiger partial charge in [-0.25, -0.2) is 5.43 Å². The fourth-order valence-electron chi connectivity index (χ4n) is 3.06. The van der Waals surface area contributed by atoms with Crippen LogP contribution >= 0.6 is 11.8 Å². The lowest BCUT2D eigenvalue weighted by Crippen LogP contribution is -2.20. The summed E-state index contributed by atoms with van der Waals surface area (Å²) in [5.41, 5.74) is 6.89. The zero-order valence-electron chi connectivity index (χ0n) is 16.2. The molecular formula is C23H21N3O2S. The summed E-state index contributed by atoms with van der Waals surface area (Å²) in [4.78, 5) is 14.9. The first-order chi connectivity index (χ1) is 14.2. The Hall–Kier alpha value is -3.25. The molecule has 0 saturated heterocycles. The molecule has 29 heavy (non-hydrogen) atoms. The molecule has 0 bridgehead atoms. The number of hydrogen-bond acceptors (Lipinski definition) is 5. The van der Waals surface area contributed by atoms with Crippen LogP contribution in [-0.2, 0) is 0 Å². The minimum atomic E-state index is -0.297. The van der Waals surface area contributed by atoms with Crippen LogP contribution < -0.4 is 15.5 Å². The number of anilines is 2. The van der Waals surface area contributed by atoms with E-state index in [1.807, 2.05) is 38.1 Å². The zero-order chi connectivity index (χ0) is 20.2. The van der Waals surface area contributed by atoms with Crippen molar-refractivity contribution in [3.8, 4) is 5.75 Å². The summed E-state index contributed by atoms with van der Waals surface area (Å²) in [7, 11) is 0. The van der Waals surface area contributed by atoms with E-state index in [0.717, 1.165) is 27.5 Å². The topological polar surface area (TPSA) is 62.7 Å². The van der Waals surface area contributed by atoms with E-state index in [0.29, 0.717) is 17.9 Å². The molecule has 0 atom stereocenters. The van der Waals surface area contributed by atoms with Crippen molar-refractivity contribution in [1.82, 2.24) is 5.43 Å². The molecule has 4 rings (SSSR count). The van der Waals surface area contributed by atoms with Crippen LogP contribution in [0.25, 0.3) is 0 Å². The van der Waals surface area contributed by atoms with Crippen LogP contribution in [0.2, 0.25) is 0 Å². The minimum Gasteiger partial charge on any atom is -0.493 e. The molecule has 0 fully saturated rings. The number of carbonyl (C=O) groups excluding carboxylic acids is 1. The van der Waals surface area contributed by atoms with Crippen LogP contribution in [0.15, 0.2) is 81.6 Å². The third-order valence-corrected chi connectivity index (χ3v) is 5.68. The fourth-order valence-corrected chi connectivity index (χ4v) is 4.03. The van der Waals surface area contributed by atoms with Crippen molar-refractivity contribution in [2.24, 2.45) is 5.10 Å². The standard InChI is InChI=1S/C23H21N3O2S/c1-3-28-20-10-6-4-8-17(20)23(27)26-25-15(2)16-12-13-22-19(14-16)24-18-9-5-7-11-21(18)29-22/h4-14,24H,3H2,1-2H3,(H,26,27)/b25-15+. The Kier molecular flexibility index (Phi) is 5.53. The van der Waals surface area contributed by atoms with E-state index in [1.165, 1.54) is 4.90 Å². The molecular weight excluding hydrogens is 382 g/mol. The van der Waals surface area contributed by atoms with Gasteiger partial charge in [0.15, 0.2) is 0 Å². The molecule has 1 amide bonds. The lowest BCUT2D eigenvalue weighted by atomic mass is 10.1. The van der Waals surface area contributed by atoms with E-state index >= 15 is 0 Å². The molecule has 3 aromatic rings. The summed E-state index contributed by atoms with van der Waals surface area (Å²) in [5, 5.41) is 7.76. The summed E-state index contributed by atoms with van der Waals surface area (Å²) in [6, 6.07) is 21.5. The molecule has 6 heteroatoms. The first-order valence-electron chi connectivity index (χ1n) is 9.40. The number of rotatable bonds is 5. The monoisotopic (exact) mass is 403 g/mol. The molecule has 0 aromatic heterocycles. The van der Waals surface area contributed by atoms with Crippen molar-refractivity contribution >= 4 is 34.8 Å². The second-order valence-electron chi connectivity index (χ2n) is 6.50. The smallest absolute Gasteiger partial charge is 0.275 e. The van der Waals surface area contributed by atoms with Crippen LogP contribution in [0.1, 0.15) is 29.8 Å². The largest absolute Gasteiger partial charge is 0.493 e. The van der Waals surface area contributed by atoms with Crippen molar-refractivity contribution < 1.29 is 9.53 Å². The summed E-state index contributed by atoms with van der Waals surface area (Å²) in [5.74, 6) is 0.253. The number of hydrazone groups is 1. The van der Waals surface area contributed by atoms with Crippen LogP contribution in [0.5, 0.6) is 5.75 Å². The first-order valence-corrected chi connectivity index (χ1v) is 10.2. The number of fused-ring (bicyclic) bond motifs is 2. The SMILES string of the molecule is CCOc1ccccc1C(=O)N/N=C(\C)c1ccc2c(c1)Nc1ccccc1S2. The molecule has 0 saturated carbocycles. The summed E-state index contributed by atoms with van der Waals surface area (Å²) in [6.07, 6.45) is 0. The van der Waals surface area contributed by atoms with Gasteiger partial charge in [-0.15, -0.1) is 0 Å². The van der Waals surface area contributed by atoms with E-state index in [4.69, 9.17) is 4.74 Å². The van der Waals surface area contributed by atoms with Gasteiger partial charge in [0.2, 0.25) is 0 Å². The normalized spacial score (nSPS) is 12.4. The van der Waals surface area contributed by atoms with Crippen molar-refractivity contribution in [3.63, 3.8) is 0 Å². The summed E-state index contributed by atoms with van der Waals surface area (Å²) in [6.45, 7) is 4.26. The highest BCUT2D eigenvalue weighted by molar-refractivity contribution is 7.99. The Balaban J connectivity index is 1.51. The van der Waals surface area contributed by atoms with Gasteiger partial charge < -0.3 is 10.1 Å². The van der Waals surface area contributed by atoms with Crippen LogP contribution in [-0.4, -0.2) is 18.2 Å². The van der Waals surface area contributed by atoms with Gasteiger partial charge in [0.25, 0.3) is 5.91 Å². The Morgan fingerprint density at radius 3 is 2.66 bits per heavy atom. The maximum atomic E-state index is 12.5. The Bertz CT molecular complexity index is 1090. The van der Waals surface area contributed by atoms with Gasteiger partial charge in [0.05, 0.1) is 29.3 Å². The van der Waals surface area contributed by atoms with Crippen molar-refractivity contribution in [2.75, 3.05) is 11.9 Å². The number of amides is 1. The number of ether oxygens (including phenoxy) is 1. The molecule has 146 valence electrons. The van der Waals surface area contributed by atoms with Gasteiger partial charge >= 0.3 is 0 Å². The predicted molar refractivity (Wildman–Crippen MR) is 118 cm³/mol. The highest BCUT2D eigenvalue weighted by Crippen LogP contribution is 2.44. The average Bonchev–Trinajstić information content (AvgIpc) is 2.76. The van der Waals surface area contributed by atoms with Gasteiger partial charge in [-0.1, -0.05) is 42.1 Å². The van der Waals surface area contributed by atoms with Crippen molar-refractivity contribution in [3.05, 3.63) is 77.9 Å². The van der Waals surface area contributed by atoms with E-state index < -0.39 is 0 Å². The van der Waals surface area contributed by atoms with E-state index in [2.05, 4.69) is 40.1 Å². The maximum absolute atomic E-state index is 12.5. The van der Waals surface area contributed by atoms with E-state index in [-0.39, 0.29) is 5.91 Å². The van der Waals surface area contributed by atoms with Gasteiger partial charge in [-0.3, -0.25) is 4.79 Å². The lowest BCUT2D eigenvalue weighted by molar-refractivity contribution is 0.0951. The Morgan fingerprint density at radius 1 is 1.03 bits per heavy atom. The fraction of sp³-hybridized carbons (Fsp3) is 0.130. The zero-order valence-corrected chi connectivity index (χ0v) is 17.0. The minimum absolute atomic E-state index is 0.297. The maximum Gasteiger partial charge on any atom is 0.275 e. The molecule has 1 heterocycles. The van der Waals surface area contributed by atoms with E-state index in [1.54, 1.807) is 30.0 Å². The number of nitrogens with one attached hydrogen (secondary N) is 2. The Morgan fingerprint density at radius 2 is 1.79 bits per heavy atom. The van der Waals surface area contributed by atoms with Crippen LogP contribution in [0, 0.1) is 0 Å². The predicted octanol–water partition coefficient (Wildman–Crippen LogP) is 5.45. The Labute approximate surface area is 174 Å². The van der Waals surface area contributed by atoms with Crippen molar-refractivity contribution in [1.29, 1.82) is 0 Å². The summed E-state index contributed by atoms with van der Waals surface area (Å²) < 4.78 is 5.52. The third kappa shape index (κ3) is 4.12. The quantitative estimate of drug-likeness (QED) is 0.344. The highest BCUT2D eigenvalue weighted by Gasteiger charge is 2.16. The number of benzene rings is 3. The van der Waals surface area contributed by atoms with Gasteiger partial charge in [0.1, 0.15) is 5.75 Å². The molecule has 1 aliphatic rings. The second kappa shape index (κ2) is 8.41. The van der Waals surface area contributed by atoms with Gasteiger partial charge in [-0.2, -0.15) is 5.10 Å². The van der Waals surface area contributed by atoms with E-state index in [9.17, 15) is 4.79 Å². The number of para-hydroxylation sites is 2. The molecule has 5 nitrogen and oxygen atoms in total. The molecule has 1 aliphatic heterocycles. The molecule has 3 aromatic carbocycles. The first kappa shape index (κ1) is 19.1. The molecule has 0 unspecified atom stereocenters. The van der Waals surface area contributed by atoms with Gasteiger partial charge in [0, 0.05) is 9.79 Å². The summed E-state index contributed by atoms with van der Waals surface area (Å²) >= 11 is 1.74. The molecule has 0 radical (unpaired) electrons.